The minimum atomic E-state index is 0.148. The summed E-state index contributed by atoms with van der Waals surface area (Å²) in [4.78, 5) is 12.2. The van der Waals surface area contributed by atoms with Crippen LogP contribution in [0.4, 0.5) is 0 Å². The highest BCUT2D eigenvalue weighted by atomic mass is 35.5. The number of rotatable bonds is 6. The summed E-state index contributed by atoms with van der Waals surface area (Å²) in [7, 11) is 0. The van der Waals surface area contributed by atoms with Crippen LogP contribution >= 0.6 is 11.6 Å². The maximum Gasteiger partial charge on any atom is 0.167 e. The highest BCUT2D eigenvalue weighted by molar-refractivity contribution is 6.30. The summed E-state index contributed by atoms with van der Waals surface area (Å²) >= 11 is 5.84. The lowest BCUT2D eigenvalue weighted by Gasteiger charge is -2.04. The summed E-state index contributed by atoms with van der Waals surface area (Å²) in [6.45, 7) is 2.18. The van der Waals surface area contributed by atoms with Crippen LogP contribution < -0.4 is 0 Å². The molecule has 0 atom stereocenters. The van der Waals surface area contributed by atoms with E-state index in [4.69, 9.17) is 11.6 Å². The van der Waals surface area contributed by atoms with Crippen LogP contribution in [0.25, 0.3) is 0 Å². The van der Waals surface area contributed by atoms with Gasteiger partial charge < -0.3 is 0 Å². The lowest BCUT2D eigenvalue weighted by atomic mass is 10.0. The summed E-state index contributed by atoms with van der Waals surface area (Å²) < 4.78 is 0. The SMILES string of the molecule is CCCCc1ccc(C(=O)Cc2ccc(Cl)cc2)cc1. The largest absolute Gasteiger partial charge is 0.294 e. The highest BCUT2D eigenvalue weighted by Crippen LogP contribution is 2.13. The standard InChI is InChI=1S/C18H19ClO/c1-2-3-4-14-5-9-16(10-6-14)18(20)13-15-7-11-17(19)12-8-15/h5-12H,2-4,13H2,1H3. The maximum atomic E-state index is 12.2. The first-order chi connectivity index (χ1) is 9.69. The van der Waals surface area contributed by atoms with E-state index in [1.165, 1.54) is 18.4 Å². The Morgan fingerprint density at radius 3 is 2.15 bits per heavy atom. The highest BCUT2D eigenvalue weighted by Gasteiger charge is 2.07. The van der Waals surface area contributed by atoms with Crippen molar-refractivity contribution in [1.82, 2.24) is 0 Å². The molecule has 0 aliphatic rings. The lowest BCUT2D eigenvalue weighted by molar-refractivity contribution is 0.0993. The van der Waals surface area contributed by atoms with E-state index in [1.54, 1.807) is 0 Å². The Bertz CT molecular complexity index is 555. The zero-order chi connectivity index (χ0) is 14.4. The summed E-state index contributed by atoms with van der Waals surface area (Å²) in [5, 5.41) is 0.696. The van der Waals surface area contributed by atoms with Crippen molar-refractivity contribution in [2.75, 3.05) is 0 Å². The normalized spacial score (nSPS) is 10.5. The van der Waals surface area contributed by atoms with Crippen molar-refractivity contribution in [2.24, 2.45) is 0 Å². The van der Waals surface area contributed by atoms with Crippen molar-refractivity contribution in [3.05, 3.63) is 70.2 Å². The van der Waals surface area contributed by atoms with E-state index >= 15 is 0 Å². The number of halogens is 1. The Morgan fingerprint density at radius 1 is 0.950 bits per heavy atom. The Morgan fingerprint density at radius 2 is 1.55 bits per heavy atom. The molecule has 0 amide bonds. The predicted octanol–water partition coefficient (Wildman–Crippen LogP) is 5.11. The van der Waals surface area contributed by atoms with Crippen LogP contribution in [0.5, 0.6) is 0 Å². The van der Waals surface area contributed by atoms with Gasteiger partial charge in [0, 0.05) is 17.0 Å². The average molecular weight is 287 g/mol. The molecule has 0 spiro atoms. The fourth-order valence-electron chi connectivity index (χ4n) is 2.13. The van der Waals surface area contributed by atoms with Gasteiger partial charge in [0.2, 0.25) is 0 Å². The van der Waals surface area contributed by atoms with Gasteiger partial charge in [-0.15, -0.1) is 0 Å². The molecule has 20 heavy (non-hydrogen) atoms. The smallest absolute Gasteiger partial charge is 0.167 e. The quantitative estimate of drug-likeness (QED) is 0.675. The molecule has 0 aliphatic heterocycles. The number of carbonyl (C=O) groups excluding carboxylic acids is 1. The second kappa shape index (κ2) is 7.25. The van der Waals surface area contributed by atoms with Crippen LogP contribution in [0.15, 0.2) is 48.5 Å². The number of hydrogen-bond donors (Lipinski definition) is 0. The Kier molecular flexibility index (Phi) is 5.37. The van der Waals surface area contributed by atoms with Gasteiger partial charge in [0.25, 0.3) is 0 Å². The first kappa shape index (κ1) is 14.8. The van der Waals surface area contributed by atoms with Crippen molar-refractivity contribution in [3.8, 4) is 0 Å². The van der Waals surface area contributed by atoms with Crippen molar-refractivity contribution >= 4 is 17.4 Å². The Balaban J connectivity index is 2.00. The number of benzene rings is 2. The van der Waals surface area contributed by atoms with Gasteiger partial charge in [0.05, 0.1) is 0 Å². The van der Waals surface area contributed by atoms with E-state index in [-0.39, 0.29) is 5.78 Å². The van der Waals surface area contributed by atoms with Crippen molar-refractivity contribution in [2.45, 2.75) is 32.6 Å². The van der Waals surface area contributed by atoms with Gasteiger partial charge in [0.1, 0.15) is 0 Å². The molecule has 0 N–H and O–H groups in total. The molecule has 2 aromatic carbocycles. The van der Waals surface area contributed by atoms with E-state index in [0.29, 0.717) is 11.4 Å². The molecule has 1 nitrogen and oxygen atoms in total. The van der Waals surface area contributed by atoms with Crippen molar-refractivity contribution in [3.63, 3.8) is 0 Å². The first-order valence-electron chi connectivity index (χ1n) is 7.05. The van der Waals surface area contributed by atoms with Gasteiger partial charge in [-0.2, -0.15) is 0 Å². The van der Waals surface area contributed by atoms with Crippen LogP contribution in [0, 0.1) is 0 Å². The van der Waals surface area contributed by atoms with Gasteiger partial charge >= 0.3 is 0 Å². The third-order valence-electron chi connectivity index (χ3n) is 3.37. The number of aryl methyl sites for hydroxylation is 1. The van der Waals surface area contributed by atoms with E-state index in [9.17, 15) is 4.79 Å². The molecule has 2 aromatic rings. The van der Waals surface area contributed by atoms with Gasteiger partial charge in [-0.1, -0.05) is 61.3 Å². The van der Waals surface area contributed by atoms with Gasteiger partial charge in [-0.05, 0) is 36.1 Å². The molecular formula is C18H19ClO. The number of hydrogen-bond acceptors (Lipinski definition) is 1. The zero-order valence-electron chi connectivity index (χ0n) is 11.7. The Labute approximate surface area is 125 Å². The number of ketones is 1. The van der Waals surface area contributed by atoms with Crippen LogP contribution in [0.1, 0.15) is 41.3 Å². The fourth-order valence-corrected chi connectivity index (χ4v) is 2.25. The molecule has 2 rings (SSSR count). The van der Waals surface area contributed by atoms with Gasteiger partial charge in [0.15, 0.2) is 5.78 Å². The number of unbranched alkanes of at least 4 members (excludes halogenated alkanes) is 1. The minimum Gasteiger partial charge on any atom is -0.294 e. The van der Waals surface area contributed by atoms with Crippen LogP contribution in [-0.4, -0.2) is 5.78 Å². The lowest BCUT2D eigenvalue weighted by Crippen LogP contribution is -2.03. The van der Waals surface area contributed by atoms with Gasteiger partial charge in [-0.25, -0.2) is 0 Å². The minimum absolute atomic E-state index is 0.148. The van der Waals surface area contributed by atoms with Crippen molar-refractivity contribution in [1.29, 1.82) is 0 Å². The fraction of sp³-hybridized carbons (Fsp3) is 0.278. The van der Waals surface area contributed by atoms with Crippen LogP contribution in [0.3, 0.4) is 0 Å². The van der Waals surface area contributed by atoms with E-state index in [2.05, 4.69) is 19.1 Å². The molecule has 0 radical (unpaired) electrons. The predicted molar refractivity (Wildman–Crippen MR) is 84.5 cm³/mol. The number of Topliss-reactive ketones (excluding diaryl/α,β-unsaturated/α-hetero) is 1. The van der Waals surface area contributed by atoms with E-state index in [0.717, 1.165) is 17.5 Å². The Hall–Kier alpha value is -1.60. The molecule has 0 saturated carbocycles. The summed E-state index contributed by atoms with van der Waals surface area (Å²) in [6, 6.07) is 15.4. The summed E-state index contributed by atoms with van der Waals surface area (Å²) in [5.74, 6) is 0.148. The number of carbonyl (C=O) groups is 1. The second-order valence-electron chi connectivity index (χ2n) is 5.03. The zero-order valence-corrected chi connectivity index (χ0v) is 12.5. The molecular weight excluding hydrogens is 268 g/mol. The second-order valence-corrected chi connectivity index (χ2v) is 5.46. The first-order valence-corrected chi connectivity index (χ1v) is 7.43. The van der Waals surface area contributed by atoms with Crippen molar-refractivity contribution < 1.29 is 4.79 Å². The monoisotopic (exact) mass is 286 g/mol. The summed E-state index contributed by atoms with van der Waals surface area (Å²) in [5.41, 5.74) is 3.07. The van der Waals surface area contributed by atoms with E-state index < -0.39 is 0 Å². The maximum absolute atomic E-state index is 12.2. The molecule has 0 saturated heterocycles. The topological polar surface area (TPSA) is 17.1 Å². The third kappa shape index (κ3) is 4.21. The molecule has 0 fully saturated rings. The average Bonchev–Trinajstić information content (AvgIpc) is 2.48. The molecule has 2 heteroatoms. The molecule has 0 unspecified atom stereocenters. The van der Waals surface area contributed by atoms with E-state index in [1.807, 2.05) is 36.4 Å². The molecule has 0 bridgehead atoms. The van der Waals surface area contributed by atoms with Crippen LogP contribution in [-0.2, 0) is 12.8 Å². The van der Waals surface area contributed by atoms with Gasteiger partial charge in [-0.3, -0.25) is 4.79 Å². The molecule has 0 aromatic heterocycles. The molecule has 0 heterocycles. The molecule has 104 valence electrons. The van der Waals surface area contributed by atoms with Crippen LogP contribution in [0.2, 0.25) is 5.02 Å². The third-order valence-corrected chi connectivity index (χ3v) is 3.62. The molecule has 0 aliphatic carbocycles. The summed E-state index contributed by atoms with van der Waals surface area (Å²) in [6.07, 6.45) is 3.89.